The van der Waals surface area contributed by atoms with Gasteiger partial charge in [0.1, 0.15) is 12.4 Å². The quantitative estimate of drug-likeness (QED) is 0.251. The van der Waals surface area contributed by atoms with Gasteiger partial charge in [0.2, 0.25) is 5.91 Å². The van der Waals surface area contributed by atoms with Crippen LogP contribution >= 0.6 is 0 Å². The largest absolute Gasteiger partial charge is 0.488 e. The van der Waals surface area contributed by atoms with Gasteiger partial charge in [0.15, 0.2) is 0 Å². The lowest BCUT2D eigenvalue weighted by atomic mass is 9.76. The molecule has 8 heteroatoms. The van der Waals surface area contributed by atoms with E-state index in [0.29, 0.717) is 30.2 Å². The zero-order chi connectivity index (χ0) is 27.3. The van der Waals surface area contributed by atoms with Gasteiger partial charge in [-0.3, -0.25) is 19.8 Å². The highest BCUT2D eigenvalue weighted by Gasteiger charge is 2.39. The lowest BCUT2D eigenvalue weighted by Gasteiger charge is -2.42. The van der Waals surface area contributed by atoms with Crippen LogP contribution in [0.3, 0.4) is 0 Å². The van der Waals surface area contributed by atoms with Gasteiger partial charge < -0.3 is 15.4 Å². The van der Waals surface area contributed by atoms with Crippen LogP contribution in [0.15, 0.2) is 54.6 Å². The maximum Gasteiger partial charge on any atom is 0.255 e. The number of benzene rings is 2. The van der Waals surface area contributed by atoms with E-state index in [4.69, 9.17) is 4.74 Å². The van der Waals surface area contributed by atoms with Gasteiger partial charge in [-0.25, -0.2) is 5.48 Å². The Hall–Kier alpha value is -3.49. The molecule has 0 atom stereocenters. The number of hydrogen-bond donors (Lipinski definition) is 4. The Morgan fingerprint density at radius 1 is 1.08 bits per heavy atom. The number of aryl methyl sites for hydroxylation is 1. The number of fused-ring (bicyclic) bond motifs is 1. The number of carbonyl (C=O) groups excluding carboxylic acids is 2. The zero-order valence-corrected chi connectivity index (χ0v) is 22.6. The van der Waals surface area contributed by atoms with Crippen molar-refractivity contribution in [1.29, 1.82) is 0 Å². The third-order valence-corrected chi connectivity index (χ3v) is 7.03. The lowest BCUT2D eigenvalue weighted by Crippen LogP contribution is -2.56. The zero-order valence-electron chi connectivity index (χ0n) is 22.6. The Labute approximate surface area is 224 Å². The van der Waals surface area contributed by atoms with Gasteiger partial charge >= 0.3 is 0 Å². The van der Waals surface area contributed by atoms with Gasteiger partial charge in [-0.05, 0) is 77.6 Å². The summed E-state index contributed by atoms with van der Waals surface area (Å²) in [5.41, 5.74) is 4.14. The highest BCUT2D eigenvalue weighted by atomic mass is 16.5. The number of ether oxygens (including phenoxy) is 1. The monoisotopic (exact) mass is 518 g/mol. The SMILES string of the molecule is Cc1cc(COc2ccccc2C(=O)NC2(CC(=O)NO)CCC(NC(C)(C)C)CC2)c2ccccc2n1. The smallest absolute Gasteiger partial charge is 0.255 e. The minimum atomic E-state index is -0.758. The second-order valence-corrected chi connectivity index (χ2v) is 11.3. The molecule has 1 aliphatic carbocycles. The average Bonchev–Trinajstić information content (AvgIpc) is 2.88. The van der Waals surface area contributed by atoms with Gasteiger partial charge in [0.25, 0.3) is 5.91 Å². The van der Waals surface area contributed by atoms with Crippen molar-refractivity contribution in [3.05, 3.63) is 71.4 Å². The number of hydroxylamine groups is 1. The Morgan fingerprint density at radius 3 is 2.47 bits per heavy atom. The molecule has 1 heterocycles. The van der Waals surface area contributed by atoms with Crippen molar-refractivity contribution in [1.82, 2.24) is 21.1 Å². The summed E-state index contributed by atoms with van der Waals surface area (Å²) in [7, 11) is 0. The van der Waals surface area contributed by atoms with Gasteiger partial charge in [0.05, 0.1) is 17.5 Å². The Balaban J connectivity index is 1.52. The van der Waals surface area contributed by atoms with E-state index in [-0.39, 0.29) is 24.5 Å². The number of pyridine rings is 1. The second kappa shape index (κ2) is 11.5. The fourth-order valence-corrected chi connectivity index (χ4v) is 5.38. The number of nitrogens with zero attached hydrogens (tertiary/aromatic N) is 1. The van der Waals surface area contributed by atoms with Crippen molar-refractivity contribution in [2.75, 3.05) is 0 Å². The second-order valence-electron chi connectivity index (χ2n) is 11.3. The molecule has 0 spiro atoms. The number of para-hydroxylation sites is 2. The van der Waals surface area contributed by atoms with Crippen LogP contribution in [0.4, 0.5) is 0 Å². The van der Waals surface area contributed by atoms with Crippen LogP contribution in [0.25, 0.3) is 10.9 Å². The van der Waals surface area contributed by atoms with Crippen molar-refractivity contribution in [3.63, 3.8) is 0 Å². The molecule has 1 aromatic heterocycles. The predicted molar refractivity (Wildman–Crippen MR) is 147 cm³/mol. The number of aromatic nitrogens is 1. The molecule has 0 aliphatic heterocycles. The van der Waals surface area contributed by atoms with Crippen LogP contribution in [0, 0.1) is 6.92 Å². The third-order valence-electron chi connectivity index (χ3n) is 7.03. The summed E-state index contributed by atoms with van der Waals surface area (Å²) in [6.07, 6.45) is 2.85. The fraction of sp³-hybridized carbons (Fsp3) is 0.433. The maximum atomic E-state index is 13.6. The minimum absolute atomic E-state index is 0.00276. The number of rotatable bonds is 8. The Kier molecular flexibility index (Phi) is 8.33. The van der Waals surface area contributed by atoms with Crippen LogP contribution in [-0.2, 0) is 11.4 Å². The molecule has 0 unspecified atom stereocenters. The van der Waals surface area contributed by atoms with Crippen LogP contribution in [0.1, 0.15) is 74.5 Å². The molecule has 1 aliphatic rings. The number of carbonyl (C=O) groups is 2. The molecule has 4 rings (SSSR count). The summed E-state index contributed by atoms with van der Waals surface area (Å²) < 4.78 is 6.19. The number of hydrogen-bond acceptors (Lipinski definition) is 6. The van der Waals surface area contributed by atoms with Crippen molar-refractivity contribution in [2.45, 2.75) is 83.5 Å². The minimum Gasteiger partial charge on any atom is -0.488 e. The van der Waals surface area contributed by atoms with Crippen molar-refractivity contribution >= 4 is 22.7 Å². The van der Waals surface area contributed by atoms with E-state index in [9.17, 15) is 14.8 Å². The molecule has 202 valence electrons. The van der Waals surface area contributed by atoms with Gasteiger partial charge in [-0.1, -0.05) is 30.3 Å². The third kappa shape index (κ3) is 6.88. The van der Waals surface area contributed by atoms with Gasteiger partial charge in [-0.2, -0.15) is 0 Å². The molecule has 0 bridgehead atoms. The maximum absolute atomic E-state index is 13.6. The molecule has 1 saturated carbocycles. The summed E-state index contributed by atoms with van der Waals surface area (Å²) >= 11 is 0. The van der Waals surface area contributed by atoms with Crippen molar-refractivity contribution in [3.8, 4) is 5.75 Å². The molecule has 4 N–H and O–H groups in total. The van der Waals surface area contributed by atoms with Gasteiger partial charge in [0, 0.05) is 33.8 Å². The first kappa shape index (κ1) is 27.5. The van der Waals surface area contributed by atoms with E-state index < -0.39 is 11.4 Å². The van der Waals surface area contributed by atoms with E-state index in [1.165, 1.54) is 0 Å². The molecule has 38 heavy (non-hydrogen) atoms. The molecule has 3 aromatic rings. The topological polar surface area (TPSA) is 113 Å². The molecular weight excluding hydrogens is 480 g/mol. The normalized spacial score (nSPS) is 19.7. The molecule has 0 saturated heterocycles. The molecule has 1 fully saturated rings. The van der Waals surface area contributed by atoms with Crippen LogP contribution < -0.4 is 20.9 Å². The molecule has 2 amide bonds. The summed E-state index contributed by atoms with van der Waals surface area (Å²) in [6, 6.07) is 17.3. The van der Waals surface area contributed by atoms with E-state index in [0.717, 1.165) is 35.0 Å². The predicted octanol–water partition coefficient (Wildman–Crippen LogP) is 4.82. The van der Waals surface area contributed by atoms with Crippen LogP contribution in [0.2, 0.25) is 0 Å². The van der Waals surface area contributed by atoms with Crippen molar-refractivity contribution in [2.24, 2.45) is 0 Å². The fourth-order valence-electron chi connectivity index (χ4n) is 5.38. The highest BCUT2D eigenvalue weighted by Crippen LogP contribution is 2.33. The van der Waals surface area contributed by atoms with E-state index >= 15 is 0 Å². The van der Waals surface area contributed by atoms with E-state index in [1.807, 2.05) is 43.3 Å². The molecule has 2 aromatic carbocycles. The van der Waals surface area contributed by atoms with Crippen LogP contribution in [-0.4, -0.2) is 39.1 Å². The van der Waals surface area contributed by atoms with Gasteiger partial charge in [-0.15, -0.1) is 0 Å². The lowest BCUT2D eigenvalue weighted by molar-refractivity contribution is -0.131. The summed E-state index contributed by atoms with van der Waals surface area (Å²) in [4.78, 5) is 30.4. The number of amides is 2. The first-order chi connectivity index (χ1) is 18.1. The molecule has 8 nitrogen and oxygen atoms in total. The Bertz CT molecular complexity index is 1290. The van der Waals surface area contributed by atoms with E-state index in [2.05, 4.69) is 36.4 Å². The van der Waals surface area contributed by atoms with Crippen molar-refractivity contribution < 1.29 is 19.5 Å². The number of nitrogens with one attached hydrogen (secondary N) is 3. The molecular formula is C30H38N4O4. The first-order valence-electron chi connectivity index (χ1n) is 13.2. The van der Waals surface area contributed by atoms with E-state index in [1.54, 1.807) is 23.7 Å². The summed E-state index contributed by atoms with van der Waals surface area (Å²) in [5.74, 6) is -0.352. The summed E-state index contributed by atoms with van der Waals surface area (Å²) in [5, 5.41) is 17.0. The average molecular weight is 519 g/mol. The molecule has 0 radical (unpaired) electrons. The standard InChI is InChI=1S/C30H38N4O4/c1-20-17-21(23-9-5-7-11-25(23)31-20)19-38-26-12-8-6-10-24(26)28(36)33-30(18-27(35)34-37)15-13-22(14-16-30)32-29(2,3)4/h5-12,17,22,32,37H,13-16,18-19H2,1-4H3,(H,33,36)(H,34,35). The highest BCUT2D eigenvalue weighted by molar-refractivity contribution is 5.97. The summed E-state index contributed by atoms with van der Waals surface area (Å²) in [6.45, 7) is 8.62. The first-order valence-corrected chi connectivity index (χ1v) is 13.2. The van der Waals surface area contributed by atoms with Crippen LogP contribution in [0.5, 0.6) is 5.75 Å². The Morgan fingerprint density at radius 2 is 1.76 bits per heavy atom.